The van der Waals surface area contributed by atoms with Crippen molar-refractivity contribution >= 4 is 34.1 Å². The summed E-state index contributed by atoms with van der Waals surface area (Å²) in [5.74, 6) is 2.61. The van der Waals surface area contributed by atoms with Crippen LogP contribution in [0.3, 0.4) is 0 Å². The fraction of sp³-hybridized carbons (Fsp3) is 0.263. The molecule has 5 aromatic rings. The van der Waals surface area contributed by atoms with Crippen molar-refractivity contribution in [1.29, 1.82) is 0 Å². The number of rotatable bonds is 3. The fourth-order valence-electron chi connectivity index (χ4n) is 3.58. The lowest BCUT2D eigenvalue weighted by Gasteiger charge is -2.08. The van der Waals surface area contributed by atoms with Crippen LogP contribution in [0.2, 0.25) is 0 Å². The maximum Gasteiger partial charge on any atom is 0.262 e. The minimum Gasteiger partial charge on any atom is -0.279 e. The van der Waals surface area contributed by atoms with E-state index in [1.165, 1.54) is 16.3 Å². The maximum atomic E-state index is 12.7. The van der Waals surface area contributed by atoms with Gasteiger partial charge >= 0.3 is 0 Å². The van der Waals surface area contributed by atoms with Gasteiger partial charge in [0.1, 0.15) is 11.6 Å². The molecule has 0 aliphatic heterocycles. The molecular formula is C19H18N8OS. The molecular weight excluding hydrogens is 388 g/mol. The molecule has 0 saturated carbocycles. The predicted molar refractivity (Wildman–Crippen MR) is 110 cm³/mol. The van der Waals surface area contributed by atoms with Crippen LogP contribution in [0.15, 0.2) is 34.2 Å². The van der Waals surface area contributed by atoms with E-state index in [9.17, 15) is 4.79 Å². The van der Waals surface area contributed by atoms with Gasteiger partial charge in [-0.05, 0) is 32.9 Å². The summed E-state index contributed by atoms with van der Waals surface area (Å²) < 4.78 is 5.39. The molecule has 0 fully saturated rings. The second-order valence-electron chi connectivity index (χ2n) is 7.05. The van der Waals surface area contributed by atoms with E-state index >= 15 is 0 Å². The van der Waals surface area contributed by atoms with Gasteiger partial charge < -0.3 is 0 Å². The standard InChI is InChI=1S/C19H18N8OS/c1-10-5-6-14-13(7-10)17(28)25(4)18-23-22-16(27(14)18)9-29-19-24-21-15-8-11(2)20-12(3)26(15)19/h5-8H,9H2,1-4H3. The Bertz CT molecular complexity index is 1480. The van der Waals surface area contributed by atoms with Crippen molar-refractivity contribution in [2.24, 2.45) is 7.05 Å². The Labute approximate surface area is 169 Å². The summed E-state index contributed by atoms with van der Waals surface area (Å²) in [5.41, 5.74) is 3.43. The van der Waals surface area contributed by atoms with Crippen LogP contribution in [0.1, 0.15) is 22.9 Å². The molecule has 10 heteroatoms. The van der Waals surface area contributed by atoms with E-state index in [0.29, 0.717) is 16.9 Å². The Balaban J connectivity index is 1.62. The second-order valence-corrected chi connectivity index (χ2v) is 7.99. The molecule has 0 radical (unpaired) electrons. The smallest absolute Gasteiger partial charge is 0.262 e. The lowest BCUT2D eigenvalue weighted by atomic mass is 10.1. The molecule has 0 aliphatic carbocycles. The van der Waals surface area contributed by atoms with Gasteiger partial charge in [-0.1, -0.05) is 23.4 Å². The first-order valence-corrected chi connectivity index (χ1v) is 10.1. The summed E-state index contributed by atoms with van der Waals surface area (Å²) in [6.07, 6.45) is 0. The minimum atomic E-state index is -0.0803. The third-order valence-electron chi connectivity index (χ3n) is 4.93. The topological polar surface area (TPSA) is 95.3 Å². The van der Waals surface area contributed by atoms with Crippen molar-refractivity contribution in [2.75, 3.05) is 0 Å². The first kappa shape index (κ1) is 17.8. The molecule has 9 nitrogen and oxygen atoms in total. The van der Waals surface area contributed by atoms with Crippen molar-refractivity contribution in [1.82, 2.24) is 38.7 Å². The van der Waals surface area contributed by atoms with Crippen LogP contribution in [0.4, 0.5) is 0 Å². The normalized spacial score (nSPS) is 11.9. The van der Waals surface area contributed by atoms with Crippen molar-refractivity contribution in [3.05, 3.63) is 57.5 Å². The highest BCUT2D eigenvalue weighted by Crippen LogP contribution is 2.24. The Hall–Kier alpha value is -3.27. The molecule has 0 N–H and O–H groups in total. The Morgan fingerprint density at radius 3 is 2.66 bits per heavy atom. The maximum absolute atomic E-state index is 12.7. The van der Waals surface area contributed by atoms with Gasteiger partial charge in [0.05, 0.1) is 16.7 Å². The SMILES string of the molecule is Cc1ccc2c(c1)c(=O)n(C)c1nnc(CSc3nnc4cc(C)nc(C)n34)n21. The van der Waals surface area contributed by atoms with E-state index < -0.39 is 0 Å². The van der Waals surface area contributed by atoms with Crippen molar-refractivity contribution in [3.8, 4) is 0 Å². The number of thioether (sulfide) groups is 1. The number of benzene rings is 1. The molecule has 0 saturated heterocycles. The third-order valence-corrected chi connectivity index (χ3v) is 5.85. The zero-order valence-electron chi connectivity index (χ0n) is 16.4. The largest absolute Gasteiger partial charge is 0.279 e. The van der Waals surface area contributed by atoms with E-state index in [4.69, 9.17) is 0 Å². The first-order chi connectivity index (χ1) is 13.9. The van der Waals surface area contributed by atoms with Gasteiger partial charge in [-0.25, -0.2) is 4.98 Å². The Kier molecular flexibility index (Phi) is 3.91. The van der Waals surface area contributed by atoms with Crippen molar-refractivity contribution in [2.45, 2.75) is 31.7 Å². The highest BCUT2D eigenvalue weighted by atomic mass is 32.2. The van der Waals surface area contributed by atoms with Crippen LogP contribution in [-0.2, 0) is 12.8 Å². The summed E-state index contributed by atoms with van der Waals surface area (Å²) in [5, 5.41) is 18.5. The number of nitrogens with zero attached hydrogens (tertiary/aromatic N) is 8. The average Bonchev–Trinajstić information content (AvgIpc) is 3.28. The number of aryl methyl sites for hydroxylation is 4. The van der Waals surface area contributed by atoms with E-state index in [1.54, 1.807) is 7.05 Å². The van der Waals surface area contributed by atoms with Crippen LogP contribution < -0.4 is 5.56 Å². The monoisotopic (exact) mass is 406 g/mol. The first-order valence-electron chi connectivity index (χ1n) is 9.09. The van der Waals surface area contributed by atoms with Gasteiger partial charge in [-0.15, -0.1) is 20.4 Å². The summed E-state index contributed by atoms with van der Waals surface area (Å²) >= 11 is 1.51. The van der Waals surface area contributed by atoms with Crippen LogP contribution in [0, 0.1) is 20.8 Å². The van der Waals surface area contributed by atoms with Crippen molar-refractivity contribution < 1.29 is 0 Å². The van der Waals surface area contributed by atoms with Gasteiger partial charge in [0.2, 0.25) is 5.78 Å². The Morgan fingerprint density at radius 2 is 1.83 bits per heavy atom. The molecule has 0 amide bonds. The predicted octanol–water partition coefficient (Wildman–Crippen LogP) is 2.24. The molecule has 0 unspecified atom stereocenters. The van der Waals surface area contributed by atoms with E-state index in [-0.39, 0.29) is 5.56 Å². The lowest BCUT2D eigenvalue weighted by Crippen LogP contribution is -2.20. The van der Waals surface area contributed by atoms with Gasteiger partial charge in [-0.2, -0.15) is 0 Å². The summed E-state index contributed by atoms with van der Waals surface area (Å²) in [6.45, 7) is 5.85. The van der Waals surface area contributed by atoms with Crippen LogP contribution >= 0.6 is 11.8 Å². The van der Waals surface area contributed by atoms with Crippen molar-refractivity contribution in [3.63, 3.8) is 0 Å². The summed E-state index contributed by atoms with van der Waals surface area (Å²) in [4.78, 5) is 17.2. The zero-order chi connectivity index (χ0) is 20.3. The van der Waals surface area contributed by atoms with E-state index in [1.807, 2.05) is 53.8 Å². The molecule has 146 valence electrons. The Morgan fingerprint density at radius 1 is 1.00 bits per heavy atom. The lowest BCUT2D eigenvalue weighted by molar-refractivity contribution is 0.850. The molecule has 0 bridgehead atoms. The van der Waals surface area contributed by atoms with Gasteiger partial charge in [-0.3, -0.25) is 18.2 Å². The van der Waals surface area contributed by atoms with E-state index in [0.717, 1.165) is 39.2 Å². The molecule has 29 heavy (non-hydrogen) atoms. The minimum absolute atomic E-state index is 0.0803. The number of fused-ring (bicyclic) bond motifs is 4. The molecule has 0 spiro atoms. The second kappa shape index (κ2) is 6.38. The number of aromatic nitrogens is 8. The van der Waals surface area contributed by atoms with Crippen LogP contribution in [-0.4, -0.2) is 38.7 Å². The van der Waals surface area contributed by atoms with E-state index in [2.05, 4.69) is 25.4 Å². The van der Waals surface area contributed by atoms with Crippen LogP contribution in [0.25, 0.3) is 22.3 Å². The quantitative estimate of drug-likeness (QED) is 0.424. The molecule has 4 heterocycles. The fourth-order valence-corrected chi connectivity index (χ4v) is 4.48. The number of hydrogen-bond acceptors (Lipinski definition) is 7. The summed E-state index contributed by atoms with van der Waals surface area (Å²) in [7, 11) is 1.72. The van der Waals surface area contributed by atoms with Gasteiger partial charge in [0.25, 0.3) is 5.56 Å². The highest BCUT2D eigenvalue weighted by molar-refractivity contribution is 7.98. The molecule has 0 aliphatic rings. The zero-order valence-corrected chi connectivity index (χ0v) is 17.2. The molecule has 5 rings (SSSR count). The van der Waals surface area contributed by atoms with Gasteiger partial charge in [0.15, 0.2) is 10.8 Å². The van der Waals surface area contributed by atoms with Crippen LogP contribution in [0.5, 0.6) is 0 Å². The van der Waals surface area contributed by atoms with Gasteiger partial charge in [0, 0.05) is 18.8 Å². The molecule has 0 atom stereocenters. The molecule has 4 aromatic heterocycles. The number of hydrogen-bond donors (Lipinski definition) is 0. The summed E-state index contributed by atoms with van der Waals surface area (Å²) in [6, 6.07) is 7.74. The highest BCUT2D eigenvalue weighted by Gasteiger charge is 2.17. The third kappa shape index (κ3) is 2.70. The average molecular weight is 406 g/mol. The molecule has 1 aromatic carbocycles.